The number of rotatable bonds is 2. The van der Waals surface area contributed by atoms with E-state index < -0.39 is 0 Å². The maximum absolute atomic E-state index is 12.0. The lowest BCUT2D eigenvalue weighted by Gasteiger charge is -2.08. The minimum absolute atomic E-state index is 0.248. The second kappa shape index (κ2) is 5.42. The third kappa shape index (κ3) is 2.83. The third-order valence-electron chi connectivity index (χ3n) is 2.38. The zero-order valence-electron chi connectivity index (χ0n) is 9.28. The van der Waals surface area contributed by atoms with Gasteiger partial charge in [0, 0.05) is 15.8 Å². The largest absolute Gasteiger partial charge is 0.398 e. The number of anilines is 2. The zero-order chi connectivity index (χ0) is 13.1. The maximum atomic E-state index is 12.0. The van der Waals surface area contributed by atoms with E-state index in [4.69, 9.17) is 17.3 Å². The summed E-state index contributed by atoms with van der Waals surface area (Å²) in [6, 6.07) is 12.1. The molecule has 0 aromatic heterocycles. The number of carbonyl (C=O) groups is 1. The van der Waals surface area contributed by atoms with Gasteiger partial charge in [0.1, 0.15) is 0 Å². The first-order chi connectivity index (χ1) is 8.58. The van der Waals surface area contributed by atoms with Gasteiger partial charge in [0.25, 0.3) is 5.91 Å². The van der Waals surface area contributed by atoms with Gasteiger partial charge in [-0.1, -0.05) is 23.7 Å². The highest BCUT2D eigenvalue weighted by Crippen LogP contribution is 2.26. The van der Waals surface area contributed by atoms with Gasteiger partial charge in [-0.05, 0) is 46.3 Å². The van der Waals surface area contributed by atoms with E-state index in [1.807, 2.05) is 0 Å². The number of nitrogens with two attached hydrogens (primary N) is 1. The summed E-state index contributed by atoms with van der Waals surface area (Å²) in [5.74, 6) is -0.248. The first-order valence-corrected chi connectivity index (χ1v) is 6.36. The van der Waals surface area contributed by atoms with E-state index in [0.29, 0.717) is 22.0 Å². The molecule has 3 nitrogen and oxygen atoms in total. The highest BCUT2D eigenvalue weighted by atomic mass is 79.9. The van der Waals surface area contributed by atoms with E-state index in [0.717, 1.165) is 4.47 Å². The van der Waals surface area contributed by atoms with Crippen LogP contribution in [0, 0.1) is 0 Å². The van der Waals surface area contributed by atoms with Crippen molar-refractivity contribution in [1.29, 1.82) is 0 Å². The average Bonchev–Trinajstić information content (AvgIpc) is 2.34. The van der Waals surface area contributed by atoms with Gasteiger partial charge in [-0.3, -0.25) is 4.79 Å². The third-order valence-corrected chi connectivity index (χ3v) is 3.60. The van der Waals surface area contributed by atoms with Crippen molar-refractivity contribution < 1.29 is 4.79 Å². The normalized spacial score (nSPS) is 10.1. The molecule has 2 rings (SSSR count). The number of hydrogen-bond acceptors (Lipinski definition) is 2. The first-order valence-electron chi connectivity index (χ1n) is 5.19. The number of benzene rings is 2. The Morgan fingerprint density at radius 3 is 2.61 bits per heavy atom. The van der Waals surface area contributed by atoms with Crippen LogP contribution < -0.4 is 11.1 Å². The molecular formula is C13H10BrClN2O. The summed E-state index contributed by atoms with van der Waals surface area (Å²) >= 11 is 9.18. The predicted octanol–water partition coefficient (Wildman–Crippen LogP) is 3.94. The van der Waals surface area contributed by atoms with Gasteiger partial charge in [0.15, 0.2) is 0 Å². The molecule has 2 aromatic rings. The van der Waals surface area contributed by atoms with Crippen LogP contribution in [-0.4, -0.2) is 5.91 Å². The van der Waals surface area contributed by atoms with Crippen LogP contribution in [0.3, 0.4) is 0 Å². The number of carbonyl (C=O) groups excluding carboxylic acids is 1. The smallest absolute Gasteiger partial charge is 0.257 e. The van der Waals surface area contributed by atoms with Crippen LogP contribution in [0.4, 0.5) is 11.4 Å². The molecule has 0 heterocycles. The molecule has 0 radical (unpaired) electrons. The van der Waals surface area contributed by atoms with Gasteiger partial charge in [-0.2, -0.15) is 0 Å². The molecule has 92 valence electrons. The van der Waals surface area contributed by atoms with Gasteiger partial charge < -0.3 is 11.1 Å². The van der Waals surface area contributed by atoms with Crippen LogP contribution >= 0.6 is 27.5 Å². The lowest BCUT2D eigenvalue weighted by Crippen LogP contribution is -2.13. The fourth-order valence-corrected chi connectivity index (χ4v) is 1.97. The van der Waals surface area contributed by atoms with Crippen molar-refractivity contribution in [3.63, 3.8) is 0 Å². The summed E-state index contributed by atoms with van der Waals surface area (Å²) < 4.78 is 0.725. The number of nitrogen functional groups attached to an aromatic ring is 1. The molecule has 0 fully saturated rings. The Bertz CT molecular complexity index is 601. The standard InChI is InChI=1S/C13H10BrClN2O/c14-10-7-8(5-6-11(10)15)17-13(18)9-3-1-2-4-12(9)16/h1-7H,16H2,(H,17,18). The molecule has 1 amide bonds. The Morgan fingerprint density at radius 1 is 1.22 bits per heavy atom. The molecule has 0 unspecified atom stereocenters. The maximum Gasteiger partial charge on any atom is 0.257 e. The Hall–Kier alpha value is -1.52. The lowest BCUT2D eigenvalue weighted by atomic mass is 10.1. The Balaban J connectivity index is 2.22. The van der Waals surface area contributed by atoms with Crippen LogP contribution in [0.15, 0.2) is 46.9 Å². The molecule has 3 N–H and O–H groups in total. The van der Waals surface area contributed by atoms with Gasteiger partial charge in [0.05, 0.1) is 10.6 Å². The van der Waals surface area contributed by atoms with E-state index in [1.165, 1.54) is 0 Å². The molecule has 0 spiro atoms. The summed E-state index contributed by atoms with van der Waals surface area (Å²) in [6.07, 6.45) is 0. The van der Waals surface area contributed by atoms with Crippen LogP contribution in [0.1, 0.15) is 10.4 Å². The van der Waals surface area contributed by atoms with Crippen molar-refractivity contribution in [3.8, 4) is 0 Å². The monoisotopic (exact) mass is 324 g/mol. The van der Waals surface area contributed by atoms with Crippen LogP contribution in [0.5, 0.6) is 0 Å². The lowest BCUT2D eigenvalue weighted by molar-refractivity contribution is 0.102. The number of halogens is 2. The van der Waals surface area contributed by atoms with Crippen molar-refractivity contribution in [1.82, 2.24) is 0 Å². The fourth-order valence-electron chi connectivity index (χ4n) is 1.48. The summed E-state index contributed by atoms with van der Waals surface area (Å²) in [6.45, 7) is 0. The predicted molar refractivity (Wildman–Crippen MR) is 78.0 cm³/mol. The van der Waals surface area contributed by atoms with Crippen molar-refractivity contribution in [2.45, 2.75) is 0 Å². The van der Waals surface area contributed by atoms with E-state index in [-0.39, 0.29) is 5.91 Å². The summed E-state index contributed by atoms with van der Waals surface area (Å²) in [5, 5.41) is 3.35. The topological polar surface area (TPSA) is 55.1 Å². The Kier molecular flexibility index (Phi) is 3.89. The molecule has 18 heavy (non-hydrogen) atoms. The Labute approximate surface area is 118 Å². The van der Waals surface area contributed by atoms with Crippen LogP contribution in [0.25, 0.3) is 0 Å². The second-order valence-electron chi connectivity index (χ2n) is 3.67. The quantitative estimate of drug-likeness (QED) is 0.822. The minimum Gasteiger partial charge on any atom is -0.398 e. The molecule has 2 aromatic carbocycles. The zero-order valence-corrected chi connectivity index (χ0v) is 11.6. The second-order valence-corrected chi connectivity index (χ2v) is 4.93. The highest BCUT2D eigenvalue weighted by molar-refractivity contribution is 9.10. The number of nitrogens with one attached hydrogen (secondary N) is 1. The van der Waals surface area contributed by atoms with E-state index >= 15 is 0 Å². The molecule has 0 saturated heterocycles. The van der Waals surface area contributed by atoms with Crippen LogP contribution in [0.2, 0.25) is 5.02 Å². The fraction of sp³-hybridized carbons (Fsp3) is 0. The molecule has 5 heteroatoms. The first kappa shape index (κ1) is 12.9. The van der Waals surface area contributed by atoms with Crippen molar-refractivity contribution in [3.05, 3.63) is 57.5 Å². The van der Waals surface area contributed by atoms with Gasteiger partial charge in [-0.15, -0.1) is 0 Å². The summed E-state index contributed by atoms with van der Waals surface area (Å²) in [7, 11) is 0. The van der Waals surface area contributed by atoms with E-state index in [9.17, 15) is 4.79 Å². The highest BCUT2D eigenvalue weighted by Gasteiger charge is 2.09. The van der Waals surface area contributed by atoms with Crippen molar-refractivity contribution in [2.75, 3.05) is 11.1 Å². The molecule has 0 aliphatic rings. The minimum atomic E-state index is -0.248. The van der Waals surface area contributed by atoms with Crippen molar-refractivity contribution >= 4 is 44.8 Å². The molecule has 0 saturated carbocycles. The molecule has 0 bridgehead atoms. The van der Waals surface area contributed by atoms with Gasteiger partial charge in [-0.25, -0.2) is 0 Å². The Morgan fingerprint density at radius 2 is 1.94 bits per heavy atom. The van der Waals surface area contributed by atoms with E-state index in [1.54, 1.807) is 42.5 Å². The van der Waals surface area contributed by atoms with Gasteiger partial charge >= 0.3 is 0 Å². The number of para-hydroxylation sites is 1. The van der Waals surface area contributed by atoms with Crippen molar-refractivity contribution in [2.24, 2.45) is 0 Å². The molecule has 0 atom stereocenters. The molecule has 0 aliphatic carbocycles. The molecule has 0 aliphatic heterocycles. The average molecular weight is 326 g/mol. The molecular weight excluding hydrogens is 316 g/mol. The summed E-state index contributed by atoms with van der Waals surface area (Å²) in [5.41, 5.74) is 7.29. The number of hydrogen-bond donors (Lipinski definition) is 2. The number of amides is 1. The van der Waals surface area contributed by atoms with Gasteiger partial charge in [0.2, 0.25) is 0 Å². The SMILES string of the molecule is Nc1ccccc1C(=O)Nc1ccc(Cl)c(Br)c1. The van der Waals surface area contributed by atoms with Crippen LogP contribution in [-0.2, 0) is 0 Å². The summed E-state index contributed by atoms with van der Waals surface area (Å²) in [4.78, 5) is 12.0. The van der Waals surface area contributed by atoms with E-state index in [2.05, 4.69) is 21.2 Å².